The molecule has 2 rings (SSSR count). The predicted octanol–water partition coefficient (Wildman–Crippen LogP) is 1.37. The van der Waals surface area contributed by atoms with E-state index in [4.69, 9.17) is 0 Å². The van der Waals surface area contributed by atoms with E-state index in [2.05, 4.69) is 15.6 Å². The van der Waals surface area contributed by atoms with Crippen LogP contribution in [0.15, 0.2) is 53.4 Å². The van der Waals surface area contributed by atoms with Gasteiger partial charge in [0, 0.05) is 17.7 Å². The number of hydrogen-bond donors (Lipinski definition) is 3. The third kappa shape index (κ3) is 4.88. The molecule has 0 saturated carbocycles. The molecule has 7 nitrogen and oxygen atoms in total. The molecule has 0 spiro atoms. The zero-order chi connectivity index (χ0) is 18.4. The van der Waals surface area contributed by atoms with E-state index in [1.54, 1.807) is 31.2 Å². The van der Waals surface area contributed by atoms with Crippen molar-refractivity contribution in [3.8, 4) is 0 Å². The molecule has 0 bridgehead atoms. The number of aryl methyl sites for hydroxylation is 1. The predicted molar refractivity (Wildman–Crippen MR) is 93.4 cm³/mol. The van der Waals surface area contributed by atoms with E-state index in [0.29, 0.717) is 5.56 Å². The van der Waals surface area contributed by atoms with Gasteiger partial charge in [-0.2, -0.15) is 0 Å². The summed E-state index contributed by atoms with van der Waals surface area (Å²) in [5, 5.41) is 0. The van der Waals surface area contributed by atoms with Gasteiger partial charge in [0.25, 0.3) is 11.8 Å². The van der Waals surface area contributed by atoms with Crippen molar-refractivity contribution in [2.75, 3.05) is 6.54 Å². The Morgan fingerprint density at radius 2 is 1.28 bits per heavy atom. The Bertz CT molecular complexity index is 860. The van der Waals surface area contributed by atoms with Crippen molar-refractivity contribution >= 4 is 21.8 Å². The number of carbonyl (C=O) groups excluding carboxylic acids is 2. The molecule has 25 heavy (non-hydrogen) atoms. The summed E-state index contributed by atoms with van der Waals surface area (Å²) in [5.74, 6) is -0.993. The van der Waals surface area contributed by atoms with E-state index in [0.717, 1.165) is 5.56 Å². The van der Waals surface area contributed by atoms with Gasteiger partial charge in [0.2, 0.25) is 10.0 Å². The molecular weight excluding hydrogens is 342 g/mol. The third-order valence-electron chi connectivity index (χ3n) is 3.36. The first-order chi connectivity index (χ1) is 11.8. The van der Waals surface area contributed by atoms with E-state index < -0.39 is 21.8 Å². The smallest absolute Gasteiger partial charge is 0.267 e. The van der Waals surface area contributed by atoms with Crippen LogP contribution in [0.2, 0.25) is 0 Å². The first-order valence-corrected chi connectivity index (χ1v) is 9.09. The summed E-state index contributed by atoms with van der Waals surface area (Å²) in [6.07, 6.45) is 0. The molecule has 3 N–H and O–H groups in total. The number of nitrogens with one attached hydrogen (secondary N) is 3. The lowest BCUT2D eigenvalue weighted by Crippen LogP contribution is -2.41. The van der Waals surface area contributed by atoms with Gasteiger partial charge >= 0.3 is 0 Å². The maximum atomic E-state index is 12.0. The summed E-state index contributed by atoms with van der Waals surface area (Å²) in [5.41, 5.74) is 6.26. The summed E-state index contributed by atoms with van der Waals surface area (Å²) in [6, 6.07) is 12.3. The van der Waals surface area contributed by atoms with Gasteiger partial charge in [-0.05, 0) is 43.3 Å². The van der Waals surface area contributed by atoms with Crippen molar-refractivity contribution < 1.29 is 18.0 Å². The van der Waals surface area contributed by atoms with Crippen LogP contribution in [0.4, 0.5) is 0 Å². The average molecular weight is 361 g/mol. The zero-order valence-electron chi connectivity index (χ0n) is 13.9. The molecule has 132 valence electrons. The minimum absolute atomic E-state index is 0.0644. The van der Waals surface area contributed by atoms with Crippen LogP contribution in [-0.2, 0) is 10.0 Å². The molecule has 0 aromatic heterocycles. The minimum atomic E-state index is -3.57. The van der Waals surface area contributed by atoms with Gasteiger partial charge in [-0.1, -0.05) is 24.6 Å². The average Bonchev–Trinajstić information content (AvgIpc) is 2.60. The number of rotatable bonds is 5. The maximum Gasteiger partial charge on any atom is 0.269 e. The van der Waals surface area contributed by atoms with E-state index in [9.17, 15) is 18.0 Å². The van der Waals surface area contributed by atoms with E-state index in [1.165, 1.54) is 24.3 Å². The molecule has 0 saturated heterocycles. The Kier molecular flexibility index (Phi) is 5.89. The number of benzene rings is 2. The number of hydrazine groups is 1. The van der Waals surface area contributed by atoms with Crippen molar-refractivity contribution in [2.24, 2.45) is 0 Å². The van der Waals surface area contributed by atoms with E-state index >= 15 is 0 Å². The van der Waals surface area contributed by atoms with Crippen molar-refractivity contribution in [2.45, 2.75) is 18.7 Å². The molecule has 2 amide bonds. The molecular formula is C17H19N3O4S. The van der Waals surface area contributed by atoms with Crippen LogP contribution in [0, 0.1) is 6.92 Å². The molecule has 2 aromatic carbocycles. The third-order valence-corrected chi connectivity index (χ3v) is 4.93. The Balaban J connectivity index is 1.99. The molecule has 0 fully saturated rings. The van der Waals surface area contributed by atoms with Crippen LogP contribution in [0.1, 0.15) is 33.2 Å². The van der Waals surface area contributed by atoms with Gasteiger partial charge in [0.05, 0.1) is 4.90 Å². The Morgan fingerprint density at radius 3 is 1.72 bits per heavy atom. The number of amides is 2. The topological polar surface area (TPSA) is 104 Å². The largest absolute Gasteiger partial charge is 0.269 e. The fourth-order valence-electron chi connectivity index (χ4n) is 2.02. The molecule has 8 heteroatoms. The molecule has 0 aliphatic carbocycles. The quantitative estimate of drug-likeness (QED) is 0.700. The van der Waals surface area contributed by atoms with Crippen LogP contribution < -0.4 is 15.6 Å². The van der Waals surface area contributed by atoms with Crippen LogP contribution in [0.3, 0.4) is 0 Å². The van der Waals surface area contributed by atoms with Crippen LogP contribution in [0.25, 0.3) is 0 Å². The standard InChI is InChI=1S/C17H19N3O4S/c1-3-18-25(23,24)15-10-8-14(9-11-15)17(22)20-19-16(21)13-6-4-12(2)5-7-13/h4-11,18H,3H2,1-2H3,(H,19,21)(H,20,22). The molecule has 0 aliphatic heterocycles. The summed E-state index contributed by atoms with van der Waals surface area (Å²) >= 11 is 0. The SMILES string of the molecule is CCNS(=O)(=O)c1ccc(C(=O)NNC(=O)c2ccc(C)cc2)cc1. The fraction of sp³-hybridized carbons (Fsp3) is 0.176. The van der Waals surface area contributed by atoms with Crippen LogP contribution in [-0.4, -0.2) is 26.8 Å². The lowest BCUT2D eigenvalue weighted by molar-refractivity contribution is 0.0846. The first-order valence-electron chi connectivity index (χ1n) is 7.60. The van der Waals surface area contributed by atoms with Gasteiger partial charge in [-0.3, -0.25) is 20.4 Å². The Labute approximate surface area is 146 Å². The first kappa shape index (κ1) is 18.6. The number of hydrogen-bond acceptors (Lipinski definition) is 4. The Hall–Kier alpha value is -2.71. The highest BCUT2D eigenvalue weighted by Crippen LogP contribution is 2.10. The van der Waals surface area contributed by atoms with Crippen LogP contribution >= 0.6 is 0 Å². The maximum absolute atomic E-state index is 12.0. The molecule has 0 radical (unpaired) electrons. The van der Waals surface area contributed by atoms with Gasteiger partial charge in [-0.15, -0.1) is 0 Å². The summed E-state index contributed by atoms with van der Waals surface area (Å²) in [7, 11) is -3.57. The monoisotopic (exact) mass is 361 g/mol. The fourth-order valence-corrected chi connectivity index (χ4v) is 3.06. The normalized spacial score (nSPS) is 11.0. The molecule has 0 heterocycles. The lowest BCUT2D eigenvalue weighted by Gasteiger charge is -2.09. The van der Waals surface area contributed by atoms with Gasteiger partial charge in [0.15, 0.2) is 0 Å². The van der Waals surface area contributed by atoms with Crippen molar-refractivity contribution in [3.05, 3.63) is 65.2 Å². The van der Waals surface area contributed by atoms with Crippen molar-refractivity contribution in [1.82, 2.24) is 15.6 Å². The van der Waals surface area contributed by atoms with E-state index in [-0.39, 0.29) is 17.0 Å². The zero-order valence-corrected chi connectivity index (χ0v) is 14.7. The highest BCUT2D eigenvalue weighted by molar-refractivity contribution is 7.89. The Morgan fingerprint density at radius 1 is 0.840 bits per heavy atom. The van der Waals surface area contributed by atoms with Gasteiger partial charge < -0.3 is 0 Å². The molecule has 0 unspecified atom stereocenters. The molecule has 0 atom stereocenters. The highest BCUT2D eigenvalue weighted by atomic mass is 32.2. The number of sulfonamides is 1. The number of carbonyl (C=O) groups is 2. The minimum Gasteiger partial charge on any atom is -0.267 e. The highest BCUT2D eigenvalue weighted by Gasteiger charge is 2.14. The summed E-state index contributed by atoms with van der Waals surface area (Å²) in [4.78, 5) is 24.0. The summed E-state index contributed by atoms with van der Waals surface area (Å²) < 4.78 is 26.0. The summed E-state index contributed by atoms with van der Waals surface area (Å²) in [6.45, 7) is 3.86. The lowest BCUT2D eigenvalue weighted by atomic mass is 10.1. The van der Waals surface area contributed by atoms with Crippen molar-refractivity contribution in [1.29, 1.82) is 0 Å². The van der Waals surface area contributed by atoms with Crippen molar-refractivity contribution in [3.63, 3.8) is 0 Å². The van der Waals surface area contributed by atoms with Crippen LogP contribution in [0.5, 0.6) is 0 Å². The van der Waals surface area contributed by atoms with Gasteiger partial charge in [0.1, 0.15) is 0 Å². The second-order valence-electron chi connectivity index (χ2n) is 5.30. The second kappa shape index (κ2) is 7.91. The molecule has 0 aliphatic rings. The van der Waals surface area contributed by atoms with E-state index in [1.807, 2.05) is 6.92 Å². The molecule has 2 aromatic rings. The van der Waals surface area contributed by atoms with Gasteiger partial charge in [-0.25, -0.2) is 13.1 Å². The second-order valence-corrected chi connectivity index (χ2v) is 7.07.